The molecule has 6 nitrogen and oxygen atoms in total. The first-order chi connectivity index (χ1) is 17.7. The number of hydrogen-bond acceptors (Lipinski definition) is 5. The summed E-state index contributed by atoms with van der Waals surface area (Å²) in [7, 11) is 0. The van der Waals surface area contributed by atoms with E-state index in [1.54, 1.807) is 0 Å². The van der Waals surface area contributed by atoms with Crippen LogP contribution in [0.1, 0.15) is 34.7 Å². The van der Waals surface area contributed by atoms with Gasteiger partial charge in [-0.2, -0.15) is 5.26 Å². The summed E-state index contributed by atoms with van der Waals surface area (Å²) in [6.07, 6.45) is 1.14. The van der Waals surface area contributed by atoms with Crippen LogP contribution >= 0.6 is 0 Å². The van der Waals surface area contributed by atoms with E-state index in [0.29, 0.717) is 17.4 Å². The lowest BCUT2D eigenvalue weighted by Gasteiger charge is -2.43. The van der Waals surface area contributed by atoms with E-state index in [1.165, 1.54) is 16.8 Å². The Morgan fingerprint density at radius 1 is 0.889 bits per heavy atom. The number of pyridine rings is 1. The second-order valence-electron chi connectivity index (χ2n) is 10.4. The minimum atomic E-state index is 0.145. The minimum absolute atomic E-state index is 0.145. The molecule has 0 amide bonds. The van der Waals surface area contributed by atoms with Crippen LogP contribution in [0.4, 0.5) is 0 Å². The van der Waals surface area contributed by atoms with Crippen LogP contribution in [-0.4, -0.2) is 53.8 Å². The molecule has 2 aromatic carbocycles. The van der Waals surface area contributed by atoms with Crippen LogP contribution in [-0.2, 0) is 24.4 Å². The van der Waals surface area contributed by atoms with E-state index in [4.69, 9.17) is 4.74 Å². The molecule has 6 heteroatoms. The fourth-order valence-corrected chi connectivity index (χ4v) is 6.30. The molecule has 184 valence electrons. The number of nitriles is 1. The van der Waals surface area contributed by atoms with Crippen LogP contribution < -0.4 is 5.56 Å². The monoisotopic (exact) mass is 480 g/mol. The van der Waals surface area contributed by atoms with E-state index in [0.717, 1.165) is 76.6 Å². The lowest BCUT2D eigenvalue weighted by Crippen LogP contribution is -2.47. The predicted octanol–water partition coefficient (Wildman–Crippen LogP) is 3.84. The van der Waals surface area contributed by atoms with Crippen molar-refractivity contribution in [1.29, 1.82) is 5.26 Å². The second kappa shape index (κ2) is 10.0. The first-order valence-electron chi connectivity index (χ1n) is 13.0. The summed E-state index contributed by atoms with van der Waals surface area (Å²) in [4.78, 5) is 18.7. The van der Waals surface area contributed by atoms with E-state index >= 15 is 0 Å². The zero-order valence-corrected chi connectivity index (χ0v) is 20.6. The first-order valence-corrected chi connectivity index (χ1v) is 13.0. The van der Waals surface area contributed by atoms with Crippen molar-refractivity contribution in [3.05, 3.63) is 93.4 Å². The molecule has 6 rings (SSSR count). The number of piperidine rings is 1. The summed E-state index contributed by atoms with van der Waals surface area (Å²) in [6.45, 7) is 7.79. The lowest BCUT2D eigenvalue weighted by molar-refractivity contribution is 0.0342. The minimum Gasteiger partial charge on any atom is -0.379 e. The van der Waals surface area contributed by atoms with Crippen LogP contribution in [0.2, 0.25) is 0 Å². The molecule has 3 aliphatic heterocycles. The highest BCUT2D eigenvalue weighted by molar-refractivity contribution is 5.66. The normalized spacial score (nSPS) is 22.1. The van der Waals surface area contributed by atoms with Crippen molar-refractivity contribution in [3.63, 3.8) is 0 Å². The third-order valence-electron chi connectivity index (χ3n) is 7.95. The van der Waals surface area contributed by atoms with Gasteiger partial charge in [0.1, 0.15) is 0 Å². The molecule has 2 saturated heterocycles. The number of benzene rings is 2. The molecular formula is C30H32N4O2. The summed E-state index contributed by atoms with van der Waals surface area (Å²) >= 11 is 0. The maximum absolute atomic E-state index is 13.8. The van der Waals surface area contributed by atoms with Gasteiger partial charge in [-0.3, -0.25) is 14.6 Å². The number of nitrogens with zero attached hydrogens (tertiary/aromatic N) is 4. The van der Waals surface area contributed by atoms with E-state index < -0.39 is 0 Å². The molecular weight excluding hydrogens is 448 g/mol. The van der Waals surface area contributed by atoms with E-state index in [1.807, 2.05) is 24.3 Å². The number of rotatable bonds is 5. The van der Waals surface area contributed by atoms with Gasteiger partial charge in [-0.05, 0) is 53.3 Å². The molecule has 0 spiro atoms. The number of likely N-dealkylation sites (tertiary alicyclic amines) is 1. The van der Waals surface area contributed by atoms with E-state index in [9.17, 15) is 10.1 Å². The standard InChI is InChI=1S/C30H32N4O2/c31-16-22-4-3-5-23(14-22)17-33-18-24-15-26(21-33)29-9-8-28(30(35)34(29)19-24)27-7-2-1-6-25(27)20-32-10-12-36-13-11-32/h1-9,14,24,26H,10-13,15,17-21H2. The van der Waals surface area contributed by atoms with Gasteiger partial charge < -0.3 is 9.30 Å². The summed E-state index contributed by atoms with van der Waals surface area (Å²) in [5.74, 6) is 0.828. The smallest absolute Gasteiger partial charge is 0.258 e. The van der Waals surface area contributed by atoms with Gasteiger partial charge in [-0.25, -0.2) is 0 Å². The number of ether oxygens (including phenoxy) is 1. The summed E-state index contributed by atoms with van der Waals surface area (Å²) in [5, 5.41) is 9.24. The van der Waals surface area contributed by atoms with Crippen LogP contribution in [0.5, 0.6) is 0 Å². The van der Waals surface area contributed by atoms with Crippen molar-refractivity contribution < 1.29 is 4.74 Å². The maximum Gasteiger partial charge on any atom is 0.258 e. The summed E-state index contributed by atoms with van der Waals surface area (Å²) in [5.41, 5.74) is 6.28. The molecule has 0 aliphatic carbocycles. The molecule has 2 fully saturated rings. The largest absolute Gasteiger partial charge is 0.379 e. The molecule has 4 heterocycles. The van der Waals surface area contributed by atoms with Crippen molar-refractivity contribution in [2.45, 2.75) is 32.0 Å². The number of fused-ring (bicyclic) bond motifs is 4. The quantitative estimate of drug-likeness (QED) is 0.555. The Kier molecular flexibility index (Phi) is 6.45. The third kappa shape index (κ3) is 4.62. The van der Waals surface area contributed by atoms with Gasteiger partial charge >= 0.3 is 0 Å². The molecule has 2 atom stereocenters. The predicted molar refractivity (Wildman–Crippen MR) is 140 cm³/mol. The number of morpholine rings is 1. The Bertz CT molecular complexity index is 1350. The van der Waals surface area contributed by atoms with E-state index in [-0.39, 0.29) is 5.56 Å². The van der Waals surface area contributed by atoms with Gasteiger partial charge in [0, 0.05) is 63.0 Å². The Balaban J connectivity index is 1.25. The van der Waals surface area contributed by atoms with Gasteiger partial charge in [-0.1, -0.05) is 36.4 Å². The molecule has 0 radical (unpaired) electrons. The Labute approximate surface area is 212 Å². The highest BCUT2D eigenvalue weighted by atomic mass is 16.5. The molecule has 0 N–H and O–H groups in total. The Morgan fingerprint density at radius 3 is 2.61 bits per heavy atom. The molecule has 0 saturated carbocycles. The van der Waals surface area contributed by atoms with E-state index in [2.05, 4.69) is 56.8 Å². The topological polar surface area (TPSA) is 61.5 Å². The van der Waals surface area contributed by atoms with Crippen LogP contribution in [0, 0.1) is 17.2 Å². The fraction of sp³-hybridized carbons (Fsp3) is 0.400. The van der Waals surface area contributed by atoms with Crippen LogP contribution in [0.3, 0.4) is 0 Å². The molecule has 1 aromatic heterocycles. The highest BCUT2D eigenvalue weighted by Gasteiger charge is 2.35. The van der Waals surface area contributed by atoms with Gasteiger partial charge in [0.05, 0.1) is 24.8 Å². The average Bonchev–Trinajstić information content (AvgIpc) is 2.90. The zero-order valence-electron chi connectivity index (χ0n) is 20.6. The van der Waals surface area contributed by atoms with Gasteiger partial charge in [-0.15, -0.1) is 0 Å². The molecule has 36 heavy (non-hydrogen) atoms. The molecule has 3 aliphatic rings. The Morgan fingerprint density at radius 2 is 1.75 bits per heavy atom. The SMILES string of the molecule is N#Cc1cccc(CN2CC3CC(C2)c2ccc(-c4ccccc4CN4CCOCC4)c(=O)n2C3)c1. The summed E-state index contributed by atoms with van der Waals surface area (Å²) in [6, 6.07) is 22.8. The van der Waals surface area contributed by atoms with Gasteiger partial charge in [0.15, 0.2) is 0 Å². The van der Waals surface area contributed by atoms with Crippen molar-refractivity contribution in [2.75, 3.05) is 39.4 Å². The van der Waals surface area contributed by atoms with Crippen molar-refractivity contribution >= 4 is 0 Å². The molecule has 3 aromatic rings. The fourth-order valence-electron chi connectivity index (χ4n) is 6.30. The maximum atomic E-state index is 13.8. The average molecular weight is 481 g/mol. The Hall–Kier alpha value is -3.24. The van der Waals surface area contributed by atoms with Crippen molar-refractivity contribution in [3.8, 4) is 17.2 Å². The first kappa shape index (κ1) is 23.2. The molecule has 2 unspecified atom stereocenters. The van der Waals surface area contributed by atoms with Crippen molar-refractivity contribution in [2.24, 2.45) is 5.92 Å². The van der Waals surface area contributed by atoms with Gasteiger partial charge in [0.25, 0.3) is 5.56 Å². The zero-order chi connectivity index (χ0) is 24.5. The third-order valence-corrected chi connectivity index (χ3v) is 7.95. The number of aromatic nitrogens is 1. The second-order valence-corrected chi connectivity index (χ2v) is 10.4. The summed E-state index contributed by atoms with van der Waals surface area (Å²) < 4.78 is 7.57. The highest BCUT2D eigenvalue weighted by Crippen LogP contribution is 2.36. The lowest BCUT2D eigenvalue weighted by atomic mass is 9.82. The van der Waals surface area contributed by atoms with Crippen LogP contribution in [0.15, 0.2) is 65.5 Å². The molecule has 2 bridgehead atoms. The van der Waals surface area contributed by atoms with Crippen LogP contribution in [0.25, 0.3) is 11.1 Å². The van der Waals surface area contributed by atoms with Crippen molar-refractivity contribution in [1.82, 2.24) is 14.4 Å². The number of hydrogen-bond donors (Lipinski definition) is 0. The van der Waals surface area contributed by atoms with Gasteiger partial charge in [0.2, 0.25) is 0 Å².